The Morgan fingerprint density at radius 3 is 2.13 bits per heavy atom. The van der Waals surface area contributed by atoms with Gasteiger partial charge in [0.05, 0.1) is 5.92 Å². The normalized spacial score (nSPS) is 14.2. The van der Waals surface area contributed by atoms with Crippen LogP contribution in [-0.2, 0) is 14.3 Å². The van der Waals surface area contributed by atoms with E-state index in [1.165, 1.54) is 6.92 Å². The van der Waals surface area contributed by atoms with E-state index in [4.69, 9.17) is 9.84 Å². The Morgan fingerprint density at radius 1 is 1.03 bits per heavy atom. The number of benzene rings is 2. The monoisotopic (exact) mass is 410 g/mol. The first kappa shape index (κ1) is 21.4. The van der Waals surface area contributed by atoms with E-state index in [0.29, 0.717) is 6.42 Å². The molecule has 0 bridgehead atoms. The Labute approximate surface area is 175 Å². The van der Waals surface area contributed by atoms with Crippen LogP contribution in [0.1, 0.15) is 37.3 Å². The van der Waals surface area contributed by atoms with Gasteiger partial charge in [0.25, 0.3) is 0 Å². The van der Waals surface area contributed by atoms with Gasteiger partial charge in [-0.3, -0.25) is 9.59 Å². The Balaban J connectivity index is 1.59. The molecule has 158 valence electrons. The standard InChI is InChI=1S/C23H26N2O5/c1-3-20(21(26)24-12-14(2)22(27)28)25-23(29)30-13-19-17-10-6-4-8-15(17)16-9-5-7-11-18(16)19/h4-11,14,19-20H,3,12-13H2,1-2H3,(H,24,26)(H,25,29)(H,27,28)/t14?,20-/m0/s1. The number of fused-ring (bicyclic) bond motifs is 3. The van der Waals surface area contributed by atoms with Gasteiger partial charge in [-0.1, -0.05) is 62.4 Å². The van der Waals surface area contributed by atoms with Gasteiger partial charge in [0.1, 0.15) is 12.6 Å². The van der Waals surface area contributed by atoms with Gasteiger partial charge in [0.15, 0.2) is 0 Å². The summed E-state index contributed by atoms with van der Waals surface area (Å²) in [5.74, 6) is -2.19. The Bertz CT molecular complexity index is 897. The number of hydrogen-bond donors (Lipinski definition) is 3. The van der Waals surface area contributed by atoms with E-state index in [0.717, 1.165) is 22.3 Å². The Hall–Kier alpha value is -3.35. The lowest BCUT2D eigenvalue weighted by molar-refractivity contribution is -0.141. The number of hydrogen-bond acceptors (Lipinski definition) is 4. The SMILES string of the molecule is CC[C@H](NC(=O)OCC1c2ccccc2-c2ccccc21)C(=O)NCC(C)C(=O)O. The van der Waals surface area contributed by atoms with Crippen molar-refractivity contribution in [2.45, 2.75) is 32.2 Å². The zero-order valence-corrected chi connectivity index (χ0v) is 17.1. The zero-order chi connectivity index (χ0) is 21.7. The maximum atomic E-state index is 12.3. The van der Waals surface area contributed by atoms with Crippen molar-refractivity contribution in [3.8, 4) is 11.1 Å². The third kappa shape index (κ3) is 4.62. The molecule has 2 amide bonds. The number of ether oxygens (including phenoxy) is 1. The molecular formula is C23H26N2O5. The summed E-state index contributed by atoms with van der Waals surface area (Å²) >= 11 is 0. The highest BCUT2D eigenvalue weighted by molar-refractivity contribution is 5.86. The highest BCUT2D eigenvalue weighted by Gasteiger charge is 2.29. The van der Waals surface area contributed by atoms with Gasteiger partial charge in [-0.15, -0.1) is 0 Å². The van der Waals surface area contributed by atoms with Crippen molar-refractivity contribution in [2.24, 2.45) is 5.92 Å². The molecule has 2 atom stereocenters. The topological polar surface area (TPSA) is 105 Å². The number of aliphatic carboxylic acids is 1. The van der Waals surface area contributed by atoms with Gasteiger partial charge in [-0.05, 0) is 28.7 Å². The molecule has 2 aromatic carbocycles. The molecule has 7 nitrogen and oxygen atoms in total. The van der Waals surface area contributed by atoms with Gasteiger partial charge in [0.2, 0.25) is 5.91 Å². The van der Waals surface area contributed by atoms with Crippen LogP contribution in [0.2, 0.25) is 0 Å². The second-order valence-corrected chi connectivity index (χ2v) is 7.42. The summed E-state index contributed by atoms with van der Waals surface area (Å²) in [6.45, 7) is 3.42. The molecular weight excluding hydrogens is 384 g/mol. The predicted molar refractivity (Wildman–Crippen MR) is 112 cm³/mol. The molecule has 1 aliphatic carbocycles. The lowest BCUT2D eigenvalue weighted by atomic mass is 9.98. The van der Waals surface area contributed by atoms with E-state index >= 15 is 0 Å². The number of alkyl carbamates (subject to hydrolysis) is 1. The van der Waals surface area contributed by atoms with Gasteiger partial charge in [0, 0.05) is 12.5 Å². The second-order valence-electron chi connectivity index (χ2n) is 7.42. The van der Waals surface area contributed by atoms with Crippen LogP contribution in [0.4, 0.5) is 4.79 Å². The van der Waals surface area contributed by atoms with Gasteiger partial charge in [-0.2, -0.15) is 0 Å². The summed E-state index contributed by atoms with van der Waals surface area (Å²) in [4.78, 5) is 35.5. The average molecular weight is 410 g/mol. The Morgan fingerprint density at radius 2 is 1.60 bits per heavy atom. The van der Waals surface area contributed by atoms with Crippen molar-refractivity contribution in [1.29, 1.82) is 0 Å². The third-order valence-corrected chi connectivity index (χ3v) is 5.36. The zero-order valence-electron chi connectivity index (χ0n) is 17.1. The molecule has 2 aromatic rings. The molecule has 0 radical (unpaired) electrons. The highest BCUT2D eigenvalue weighted by Crippen LogP contribution is 2.44. The molecule has 30 heavy (non-hydrogen) atoms. The van der Waals surface area contributed by atoms with Crippen LogP contribution in [-0.4, -0.2) is 42.3 Å². The molecule has 1 aliphatic rings. The lowest BCUT2D eigenvalue weighted by Gasteiger charge is -2.19. The first-order valence-corrected chi connectivity index (χ1v) is 10.0. The average Bonchev–Trinajstić information content (AvgIpc) is 3.07. The number of amides is 2. The van der Waals surface area contributed by atoms with E-state index in [1.54, 1.807) is 6.92 Å². The highest BCUT2D eigenvalue weighted by atomic mass is 16.5. The van der Waals surface area contributed by atoms with E-state index in [2.05, 4.69) is 22.8 Å². The molecule has 1 unspecified atom stereocenters. The fourth-order valence-corrected chi connectivity index (χ4v) is 3.60. The molecule has 3 rings (SSSR count). The van der Waals surface area contributed by atoms with Gasteiger partial charge >= 0.3 is 12.1 Å². The van der Waals surface area contributed by atoms with Crippen molar-refractivity contribution < 1.29 is 24.2 Å². The molecule has 0 saturated carbocycles. The van der Waals surface area contributed by atoms with Crippen LogP contribution in [0.25, 0.3) is 11.1 Å². The van der Waals surface area contributed by atoms with Crippen LogP contribution in [0.3, 0.4) is 0 Å². The number of nitrogens with one attached hydrogen (secondary N) is 2. The fraction of sp³-hybridized carbons (Fsp3) is 0.348. The summed E-state index contributed by atoms with van der Waals surface area (Å²) in [7, 11) is 0. The molecule has 0 aromatic heterocycles. The predicted octanol–water partition coefficient (Wildman–Crippen LogP) is 3.14. The molecule has 3 N–H and O–H groups in total. The summed E-state index contributed by atoms with van der Waals surface area (Å²) in [6, 6.07) is 15.3. The third-order valence-electron chi connectivity index (χ3n) is 5.36. The molecule has 7 heteroatoms. The van der Waals surface area contributed by atoms with Crippen LogP contribution >= 0.6 is 0 Å². The lowest BCUT2D eigenvalue weighted by Crippen LogP contribution is -2.48. The fourth-order valence-electron chi connectivity index (χ4n) is 3.60. The maximum Gasteiger partial charge on any atom is 0.407 e. The van der Waals surface area contributed by atoms with Crippen molar-refractivity contribution in [1.82, 2.24) is 10.6 Å². The van der Waals surface area contributed by atoms with Crippen molar-refractivity contribution >= 4 is 18.0 Å². The molecule has 0 heterocycles. The quantitative estimate of drug-likeness (QED) is 0.620. The van der Waals surface area contributed by atoms with Crippen molar-refractivity contribution in [2.75, 3.05) is 13.2 Å². The van der Waals surface area contributed by atoms with Gasteiger partial charge in [-0.25, -0.2) is 4.79 Å². The number of carboxylic acids is 1. The molecule has 0 spiro atoms. The first-order valence-electron chi connectivity index (χ1n) is 10.0. The minimum atomic E-state index is -0.993. The summed E-state index contributed by atoms with van der Waals surface area (Å²) in [5, 5.41) is 14.0. The molecule has 0 aliphatic heterocycles. The van der Waals surface area contributed by atoms with Gasteiger partial charge < -0.3 is 20.5 Å². The maximum absolute atomic E-state index is 12.3. The smallest absolute Gasteiger partial charge is 0.407 e. The Kier molecular flexibility index (Phi) is 6.72. The second kappa shape index (κ2) is 9.43. The van der Waals surface area contributed by atoms with Crippen LogP contribution in [0, 0.1) is 5.92 Å². The van der Waals surface area contributed by atoms with E-state index in [9.17, 15) is 14.4 Å². The van der Waals surface area contributed by atoms with E-state index in [1.807, 2.05) is 36.4 Å². The summed E-state index contributed by atoms with van der Waals surface area (Å²) < 4.78 is 5.46. The van der Waals surface area contributed by atoms with Crippen molar-refractivity contribution in [3.63, 3.8) is 0 Å². The molecule has 0 saturated heterocycles. The first-order chi connectivity index (χ1) is 14.4. The molecule has 0 fully saturated rings. The number of carboxylic acid groups (broad SMARTS) is 1. The van der Waals surface area contributed by atoms with E-state index in [-0.39, 0.29) is 19.1 Å². The van der Waals surface area contributed by atoms with Crippen LogP contribution in [0.15, 0.2) is 48.5 Å². The number of rotatable bonds is 8. The van der Waals surface area contributed by atoms with E-state index < -0.39 is 29.9 Å². The largest absolute Gasteiger partial charge is 0.481 e. The summed E-state index contributed by atoms with van der Waals surface area (Å²) in [6.07, 6.45) is -0.317. The number of carbonyl (C=O) groups excluding carboxylic acids is 2. The van der Waals surface area contributed by atoms with Crippen LogP contribution in [0.5, 0.6) is 0 Å². The minimum absolute atomic E-state index is 0.00294. The summed E-state index contributed by atoms with van der Waals surface area (Å²) in [5.41, 5.74) is 4.50. The minimum Gasteiger partial charge on any atom is -0.481 e. The number of carbonyl (C=O) groups is 3. The van der Waals surface area contributed by atoms with Crippen molar-refractivity contribution in [3.05, 3.63) is 59.7 Å². The van der Waals surface area contributed by atoms with Crippen LogP contribution < -0.4 is 10.6 Å².